The van der Waals surface area contributed by atoms with Crippen LogP contribution in [0.5, 0.6) is 0 Å². The monoisotopic (exact) mass is 224 g/mol. The van der Waals surface area contributed by atoms with Gasteiger partial charge in [0.15, 0.2) is 0 Å². The lowest BCUT2D eigenvalue weighted by atomic mass is 10.2. The van der Waals surface area contributed by atoms with Crippen LogP contribution in [-0.2, 0) is 15.8 Å². The second-order valence-electron chi connectivity index (χ2n) is 3.05. The van der Waals surface area contributed by atoms with Crippen molar-refractivity contribution in [1.82, 2.24) is 4.72 Å². The standard InChI is InChI=1S/C10H12N2O2S/c11-7-4-8-12-15(13,14)9-10-5-2-1-3-6-10/h1-3,5-6,12H,4,8-9H2. The first-order valence-corrected chi connectivity index (χ1v) is 6.17. The van der Waals surface area contributed by atoms with Crippen LogP contribution in [0.4, 0.5) is 0 Å². The van der Waals surface area contributed by atoms with E-state index in [4.69, 9.17) is 5.26 Å². The highest BCUT2D eigenvalue weighted by molar-refractivity contribution is 7.88. The maximum absolute atomic E-state index is 11.5. The van der Waals surface area contributed by atoms with Crippen molar-refractivity contribution in [3.63, 3.8) is 0 Å². The summed E-state index contributed by atoms with van der Waals surface area (Å²) in [5, 5.41) is 8.27. The number of hydrogen-bond acceptors (Lipinski definition) is 3. The molecule has 1 aromatic carbocycles. The summed E-state index contributed by atoms with van der Waals surface area (Å²) in [4.78, 5) is 0. The van der Waals surface area contributed by atoms with Gasteiger partial charge in [0.2, 0.25) is 10.0 Å². The summed E-state index contributed by atoms with van der Waals surface area (Å²) < 4.78 is 25.3. The number of nitrogens with one attached hydrogen (secondary N) is 1. The Bertz CT molecular complexity index is 434. The molecule has 15 heavy (non-hydrogen) atoms. The number of hydrogen-bond donors (Lipinski definition) is 1. The van der Waals surface area contributed by atoms with Crippen molar-refractivity contribution in [1.29, 1.82) is 5.26 Å². The van der Waals surface area contributed by atoms with E-state index in [2.05, 4.69) is 4.72 Å². The fourth-order valence-corrected chi connectivity index (χ4v) is 2.25. The van der Waals surface area contributed by atoms with Gasteiger partial charge in [-0.2, -0.15) is 5.26 Å². The maximum atomic E-state index is 11.5. The molecule has 4 nitrogen and oxygen atoms in total. The summed E-state index contributed by atoms with van der Waals surface area (Å²) in [6, 6.07) is 10.8. The van der Waals surface area contributed by atoms with E-state index in [9.17, 15) is 8.42 Å². The molecule has 1 rings (SSSR count). The molecule has 0 radical (unpaired) electrons. The van der Waals surface area contributed by atoms with E-state index in [1.165, 1.54) is 0 Å². The molecule has 0 aliphatic heterocycles. The number of rotatable bonds is 5. The molecule has 0 amide bonds. The molecule has 0 aliphatic carbocycles. The average molecular weight is 224 g/mol. The maximum Gasteiger partial charge on any atom is 0.215 e. The third kappa shape index (κ3) is 4.58. The van der Waals surface area contributed by atoms with Gasteiger partial charge in [-0.1, -0.05) is 30.3 Å². The summed E-state index contributed by atoms with van der Waals surface area (Å²) in [7, 11) is -3.31. The highest BCUT2D eigenvalue weighted by atomic mass is 32.2. The van der Waals surface area contributed by atoms with Gasteiger partial charge >= 0.3 is 0 Å². The van der Waals surface area contributed by atoms with Crippen LogP contribution >= 0.6 is 0 Å². The topological polar surface area (TPSA) is 70.0 Å². The van der Waals surface area contributed by atoms with Gasteiger partial charge in [0, 0.05) is 13.0 Å². The Morgan fingerprint density at radius 1 is 1.27 bits per heavy atom. The molecular formula is C10H12N2O2S. The van der Waals surface area contributed by atoms with Gasteiger partial charge in [0.25, 0.3) is 0 Å². The lowest BCUT2D eigenvalue weighted by Gasteiger charge is -2.04. The van der Waals surface area contributed by atoms with Crippen LogP contribution in [0.2, 0.25) is 0 Å². The van der Waals surface area contributed by atoms with Crippen molar-refractivity contribution in [3.05, 3.63) is 35.9 Å². The molecule has 0 unspecified atom stereocenters. The first kappa shape index (κ1) is 11.7. The summed E-state index contributed by atoms with van der Waals surface area (Å²) in [5.74, 6) is -0.0424. The lowest BCUT2D eigenvalue weighted by molar-refractivity contribution is 0.581. The van der Waals surface area contributed by atoms with Crippen LogP contribution < -0.4 is 4.72 Å². The van der Waals surface area contributed by atoms with Crippen LogP contribution in [0, 0.1) is 11.3 Å². The zero-order valence-corrected chi connectivity index (χ0v) is 9.00. The smallest absolute Gasteiger partial charge is 0.214 e. The molecule has 0 saturated heterocycles. The molecule has 0 aromatic heterocycles. The van der Waals surface area contributed by atoms with Crippen molar-refractivity contribution in [2.24, 2.45) is 0 Å². The van der Waals surface area contributed by atoms with E-state index in [1.54, 1.807) is 24.3 Å². The van der Waals surface area contributed by atoms with Crippen LogP contribution in [-0.4, -0.2) is 15.0 Å². The Morgan fingerprint density at radius 2 is 1.93 bits per heavy atom. The fraction of sp³-hybridized carbons (Fsp3) is 0.300. The molecule has 0 aliphatic rings. The van der Waals surface area contributed by atoms with E-state index in [0.717, 1.165) is 5.56 Å². The summed E-state index contributed by atoms with van der Waals surface area (Å²) >= 11 is 0. The van der Waals surface area contributed by atoms with Crippen molar-refractivity contribution in [3.8, 4) is 6.07 Å². The van der Waals surface area contributed by atoms with Crippen molar-refractivity contribution in [2.75, 3.05) is 6.54 Å². The predicted molar refractivity (Wildman–Crippen MR) is 57.3 cm³/mol. The Kier molecular flexibility index (Phi) is 4.28. The van der Waals surface area contributed by atoms with Gasteiger partial charge in [-0.05, 0) is 5.56 Å². The summed E-state index contributed by atoms with van der Waals surface area (Å²) in [6.45, 7) is 0.172. The minimum atomic E-state index is -3.31. The van der Waals surface area contributed by atoms with Crippen LogP contribution in [0.3, 0.4) is 0 Å². The molecule has 1 aromatic rings. The Labute approximate surface area is 89.6 Å². The van der Waals surface area contributed by atoms with Crippen molar-refractivity contribution >= 4 is 10.0 Å². The third-order valence-corrected chi connectivity index (χ3v) is 3.12. The zero-order valence-electron chi connectivity index (χ0n) is 8.18. The van der Waals surface area contributed by atoms with Crippen LogP contribution in [0.25, 0.3) is 0 Å². The van der Waals surface area contributed by atoms with E-state index in [-0.39, 0.29) is 18.7 Å². The Morgan fingerprint density at radius 3 is 2.53 bits per heavy atom. The van der Waals surface area contributed by atoms with Crippen LogP contribution in [0.1, 0.15) is 12.0 Å². The largest absolute Gasteiger partial charge is 0.215 e. The Hall–Kier alpha value is -1.38. The molecule has 0 heterocycles. The molecule has 0 saturated carbocycles. The second-order valence-corrected chi connectivity index (χ2v) is 4.85. The highest BCUT2D eigenvalue weighted by Crippen LogP contribution is 2.03. The second kappa shape index (κ2) is 5.49. The van der Waals surface area contributed by atoms with Gasteiger partial charge in [-0.15, -0.1) is 0 Å². The van der Waals surface area contributed by atoms with Gasteiger partial charge in [-0.25, -0.2) is 13.1 Å². The third-order valence-electron chi connectivity index (χ3n) is 1.76. The normalized spacial score (nSPS) is 10.9. The number of benzene rings is 1. The predicted octanol–water partition coefficient (Wildman–Crippen LogP) is 1.02. The van der Waals surface area contributed by atoms with E-state index in [1.807, 2.05) is 12.1 Å². The zero-order chi connectivity index (χ0) is 11.1. The van der Waals surface area contributed by atoms with E-state index in [0.29, 0.717) is 0 Å². The molecule has 80 valence electrons. The van der Waals surface area contributed by atoms with Crippen molar-refractivity contribution < 1.29 is 8.42 Å². The molecule has 0 atom stereocenters. The number of nitriles is 1. The summed E-state index contributed by atoms with van der Waals surface area (Å²) in [6.07, 6.45) is 0.189. The number of sulfonamides is 1. The SMILES string of the molecule is N#CCCNS(=O)(=O)Cc1ccccc1. The molecular weight excluding hydrogens is 212 g/mol. The van der Waals surface area contributed by atoms with Crippen LogP contribution in [0.15, 0.2) is 30.3 Å². The molecule has 1 N–H and O–H groups in total. The quantitative estimate of drug-likeness (QED) is 0.759. The van der Waals surface area contributed by atoms with Crippen molar-refractivity contribution in [2.45, 2.75) is 12.2 Å². The average Bonchev–Trinajstić information content (AvgIpc) is 2.18. The molecule has 0 spiro atoms. The molecule has 0 fully saturated rings. The van der Waals surface area contributed by atoms with Gasteiger partial charge in [-0.3, -0.25) is 0 Å². The first-order chi connectivity index (χ1) is 7.14. The van der Waals surface area contributed by atoms with Gasteiger partial charge in [0.05, 0.1) is 11.8 Å². The van der Waals surface area contributed by atoms with Gasteiger partial charge < -0.3 is 0 Å². The first-order valence-electron chi connectivity index (χ1n) is 4.52. The minimum absolute atomic E-state index is 0.0424. The molecule has 5 heteroatoms. The molecule has 0 bridgehead atoms. The Balaban J connectivity index is 2.54. The number of nitrogens with zero attached hydrogens (tertiary/aromatic N) is 1. The van der Waals surface area contributed by atoms with E-state index >= 15 is 0 Å². The summed E-state index contributed by atoms with van der Waals surface area (Å²) in [5.41, 5.74) is 0.738. The minimum Gasteiger partial charge on any atom is -0.214 e. The van der Waals surface area contributed by atoms with E-state index < -0.39 is 10.0 Å². The lowest BCUT2D eigenvalue weighted by Crippen LogP contribution is -2.25. The highest BCUT2D eigenvalue weighted by Gasteiger charge is 2.09. The fourth-order valence-electron chi connectivity index (χ4n) is 1.11. The van der Waals surface area contributed by atoms with Gasteiger partial charge in [0.1, 0.15) is 0 Å².